The van der Waals surface area contributed by atoms with Gasteiger partial charge in [-0.25, -0.2) is 8.42 Å². The summed E-state index contributed by atoms with van der Waals surface area (Å²) in [6, 6.07) is 12.1. The maximum atomic E-state index is 12.8. The molecule has 1 aromatic heterocycles. The number of carbonyl (C=O) groups is 3. The number of aromatic nitrogens is 2. The number of aryl methyl sites for hydroxylation is 1. The summed E-state index contributed by atoms with van der Waals surface area (Å²) in [6.07, 6.45) is 0.262. The van der Waals surface area contributed by atoms with E-state index in [0.717, 1.165) is 10.5 Å². The molecule has 1 fully saturated rings. The van der Waals surface area contributed by atoms with Crippen molar-refractivity contribution in [1.29, 1.82) is 0 Å². The van der Waals surface area contributed by atoms with Gasteiger partial charge >= 0.3 is 6.01 Å². The topological polar surface area (TPSA) is 152 Å². The first-order valence-electron chi connectivity index (χ1n) is 9.88. The third kappa shape index (κ3) is 4.90. The van der Waals surface area contributed by atoms with Crippen LogP contribution in [0.3, 0.4) is 0 Å². The molecule has 1 saturated heterocycles. The van der Waals surface area contributed by atoms with Gasteiger partial charge in [-0.3, -0.25) is 29.3 Å². The zero-order valence-corrected chi connectivity index (χ0v) is 18.3. The van der Waals surface area contributed by atoms with E-state index in [1.165, 1.54) is 24.3 Å². The van der Waals surface area contributed by atoms with Crippen LogP contribution in [-0.2, 0) is 26.2 Å². The van der Waals surface area contributed by atoms with Gasteiger partial charge in [0.2, 0.25) is 17.7 Å². The number of benzene rings is 2. The number of nitrogens with zero attached hydrogens (tertiary/aromatic N) is 3. The number of para-hydroxylation sites is 1. The molecule has 3 amide bonds. The second-order valence-electron chi connectivity index (χ2n) is 7.29. The van der Waals surface area contributed by atoms with Crippen molar-refractivity contribution in [2.75, 3.05) is 10.0 Å². The lowest BCUT2D eigenvalue weighted by Crippen LogP contribution is -2.28. The Hall–Kier alpha value is -4.06. The first kappa shape index (κ1) is 22.1. The van der Waals surface area contributed by atoms with Crippen LogP contribution in [-0.4, -0.2) is 41.2 Å². The summed E-state index contributed by atoms with van der Waals surface area (Å²) in [5.41, 5.74) is 0.993. The van der Waals surface area contributed by atoms with E-state index in [2.05, 4.69) is 20.2 Å². The number of nitrogens with one attached hydrogen (secondary N) is 2. The van der Waals surface area contributed by atoms with E-state index in [0.29, 0.717) is 0 Å². The average Bonchev–Trinajstić information content (AvgIpc) is 3.35. The second kappa shape index (κ2) is 8.82. The molecule has 12 heteroatoms. The van der Waals surface area contributed by atoms with Crippen molar-refractivity contribution in [3.63, 3.8) is 0 Å². The molecule has 2 N–H and O–H groups in total. The van der Waals surface area contributed by atoms with Gasteiger partial charge in [0.05, 0.1) is 16.1 Å². The van der Waals surface area contributed by atoms with E-state index in [1.54, 1.807) is 24.3 Å². The smallest absolute Gasteiger partial charge is 0.322 e. The number of hydrogen-bond donors (Lipinski definition) is 2. The van der Waals surface area contributed by atoms with Crippen LogP contribution < -0.4 is 10.0 Å². The van der Waals surface area contributed by atoms with Gasteiger partial charge in [-0.05, 0) is 31.2 Å². The van der Waals surface area contributed by atoms with Gasteiger partial charge in [0, 0.05) is 12.8 Å². The van der Waals surface area contributed by atoms with Gasteiger partial charge in [0.1, 0.15) is 6.54 Å². The highest BCUT2D eigenvalue weighted by atomic mass is 32.2. The van der Waals surface area contributed by atoms with Crippen LogP contribution in [0.15, 0.2) is 57.8 Å². The second-order valence-corrected chi connectivity index (χ2v) is 8.98. The Labute approximate surface area is 188 Å². The first-order chi connectivity index (χ1) is 15.7. The Morgan fingerprint density at radius 3 is 2.39 bits per heavy atom. The Morgan fingerprint density at radius 2 is 1.70 bits per heavy atom. The number of amides is 3. The molecule has 0 radical (unpaired) electrons. The Morgan fingerprint density at radius 1 is 1.03 bits per heavy atom. The van der Waals surface area contributed by atoms with Gasteiger partial charge in [0.25, 0.3) is 15.9 Å². The Balaban J connectivity index is 1.49. The lowest BCUT2D eigenvalue weighted by Gasteiger charge is -2.12. The van der Waals surface area contributed by atoms with E-state index in [9.17, 15) is 22.8 Å². The largest absolute Gasteiger partial charge is 0.406 e. The van der Waals surface area contributed by atoms with Crippen LogP contribution >= 0.6 is 0 Å². The summed E-state index contributed by atoms with van der Waals surface area (Å²) < 4.78 is 33.2. The van der Waals surface area contributed by atoms with Crippen molar-refractivity contribution in [2.24, 2.45) is 0 Å². The van der Waals surface area contributed by atoms with E-state index in [-0.39, 0.29) is 59.3 Å². The van der Waals surface area contributed by atoms with Crippen LogP contribution in [0.5, 0.6) is 0 Å². The zero-order chi connectivity index (χ0) is 23.6. The van der Waals surface area contributed by atoms with Crippen LogP contribution in [0.4, 0.5) is 11.7 Å². The molecule has 0 atom stereocenters. The molecule has 1 aliphatic rings. The molecule has 0 spiro atoms. The molecular weight excluding hydrogens is 450 g/mol. The van der Waals surface area contributed by atoms with Crippen LogP contribution in [0.2, 0.25) is 0 Å². The fraction of sp³-hybridized carbons (Fsp3) is 0.190. The summed E-state index contributed by atoms with van der Waals surface area (Å²) >= 11 is 0. The summed E-state index contributed by atoms with van der Waals surface area (Å²) in [5, 5.41) is 9.83. The van der Waals surface area contributed by atoms with E-state index in [1.807, 2.05) is 6.92 Å². The maximum absolute atomic E-state index is 12.8. The summed E-state index contributed by atoms with van der Waals surface area (Å²) in [5.74, 6) is -1.39. The molecule has 2 aromatic carbocycles. The van der Waals surface area contributed by atoms with Gasteiger partial charge in [-0.2, -0.15) is 0 Å². The quantitative estimate of drug-likeness (QED) is 0.499. The fourth-order valence-corrected chi connectivity index (χ4v) is 4.24. The highest BCUT2D eigenvalue weighted by Gasteiger charge is 2.30. The van der Waals surface area contributed by atoms with Crippen molar-refractivity contribution in [2.45, 2.75) is 31.2 Å². The lowest BCUT2D eigenvalue weighted by atomic mass is 10.2. The molecule has 0 aliphatic carbocycles. The minimum Gasteiger partial charge on any atom is -0.406 e. The fourth-order valence-electron chi connectivity index (χ4n) is 3.16. The molecule has 0 saturated carbocycles. The predicted octanol–water partition coefficient (Wildman–Crippen LogP) is 2.08. The molecule has 1 aliphatic heterocycles. The summed E-state index contributed by atoms with van der Waals surface area (Å²) in [7, 11) is -3.93. The van der Waals surface area contributed by atoms with Gasteiger partial charge in [-0.15, -0.1) is 5.10 Å². The number of hydrogen-bond acceptors (Lipinski definition) is 8. The number of sulfonamides is 1. The number of carbonyl (C=O) groups excluding carboxylic acids is 3. The number of likely N-dealkylation sites (tertiary alicyclic amines) is 1. The monoisotopic (exact) mass is 469 g/mol. The number of imide groups is 1. The van der Waals surface area contributed by atoms with Gasteiger partial charge < -0.3 is 4.42 Å². The third-order valence-corrected chi connectivity index (χ3v) is 6.26. The lowest BCUT2D eigenvalue weighted by molar-refractivity contribution is -0.139. The predicted molar refractivity (Wildman–Crippen MR) is 115 cm³/mol. The third-order valence-electron chi connectivity index (χ3n) is 4.88. The van der Waals surface area contributed by atoms with E-state index < -0.39 is 15.9 Å². The normalized spacial score (nSPS) is 13.9. The minimum absolute atomic E-state index is 0.0257. The maximum Gasteiger partial charge on any atom is 0.322 e. The first-order valence-corrected chi connectivity index (χ1v) is 11.4. The van der Waals surface area contributed by atoms with Gasteiger partial charge in [-0.1, -0.05) is 34.9 Å². The van der Waals surface area contributed by atoms with Crippen LogP contribution in [0, 0.1) is 6.92 Å². The molecule has 0 unspecified atom stereocenters. The molecule has 2 heterocycles. The van der Waals surface area contributed by atoms with Crippen molar-refractivity contribution >= 4 is 39.4 Å². The van der Waals surface area contributed by atoms with Crippen LogP contribution in [0.25, 0.3) is 0 Å². The average molecular weight is 469 g/mol. The van der Waals surface area contributed by atoms with E-state index in [4.69, 9.17) is 4.42 Å². The molecule has 4 rings (SSSR count). The number of rotatable bonds is 7. The highest BCUT2D eigenvalue weighted by molar-refractivity contribution is 7.92. The summed E-state index contributed by atoms with van der Waals surface area (Å²) in [6.45, 7) is 1.65. The Kier molecular flexibility index (Phi) is 5.92. The summed E-state index contributed by atoms with van der Waals surface area (Å²) in [4.78, 5) is 37.3. The van der Waals surface area contributed by atoms with Gasteiger partial charge in [0.15, 0.2) is 0 Å². The molecule has 170 valence electrons. The Bertz CT molecular complexity index is 1320. The molecule has 11 nitrogen and oxygen atoms in total. The molecule has 0 bridgehead atoms. The minimum atomic E-state index is -3.93. The molecule has 3 aromatic rings. The van der Waals surface area contributed by atoms with Crippen molar-refractivity contribution in [1.82, 2.24) is 15.1 Å². The van der Waals surface area contributed by atoms with Crippen LogP contribution in [0.1, 0.15) is 34.7 Å². The van der Waals surface area contributed by atoms with E-state index >= 15 is 0 Å². The van der Waals surface area contributed by atoms with Crippen molar-refractivity contribution in [3.05, 3.63) is 65.5 Å². The standard InChI is InChI=1S/C21H19N5O6S/c1-13-6-8-14(9-7-13)33(30,31)25-16-5-3-2-4-15(16)20(29)22-21-24-23-17(32-21)12-26-18(27)10-11-19(26)28/h2-9,25H,10-12H2,1H3,(H,22,24,29). The number of anilines is 2. The molecule has 33 heavy (non-hydrogen) atoms. The highest BCUT2D eigenvalue weighted by Crippen LogP contribution is 2.22. The van der Waals surface area contributed by atoms with Crippen molar-refractivity contribution < 1.29 is 27.2 Å². The molecular formula is C21H19N5O6S. The SMILES string of the molecule is Cc1ccc(S(=O)(=O)Nc2ccccc2C(=O)Nc2nnc(CN3C(=O)CCC3=O)o2)cc1. The zero-order valence-electron chi connectivity index (χ0n) is 17.4. The van der Waals surface area contributed by atoms with Crippen molar-refractivity contribution in [3.8, 4) is 0 Å².